The Kier molecular flexibility index (Phi) is 3.68. The van der Waals surface area contributed by atoms with Crippen LogP contribution in [0.4, 0.5) is 4.79 Å². The molecule has 0 aromatic heterocycles. The fourth-order valence-corrected chi connectivity index (χ4v) is 1.40. The summed E-state index contributed by atoms with van der Waals surface area (Å²) in [5, 5.41) is 5.22. The first-order valence-electron chi connectivity index (χ1n) is 5.16. The van der Waals surface area contributed by atoms with Gasteiger partial charge in [-0.2, -0.15) is 0 Å². The number of carbonyl (C=O) groups is 2. The second-order valence-corrected chi connectivity index (χ2v) is 4.64. The van der Waals surface area contributed by atoms with Gasteiger partial charge in [0.15, 0.2) is 0 Å². The molecule has 0 spiro atoms. The first-order valence-corrected chi connectivity index (χ1v) is 5.16. The van der Waals surface area contributed by atoms with E-state index < -0.39 is 11.7 Å². The molecule has 2 amide bonds. The fraction of sp³-hybridized carbons (Fsp3) is 0.800. The van der Waals surface area contributed by atoms with Crippen LogP contribution in [-0.4, -0.2) is 30.2 Å². The van der Waals surface area contributed by atoms with Crippen molar-refractivity contribution >= 4 is 12.0 Å². The molecule has 86 valence electrons. The lowest BCUT2D eigenvalue weighted by atomic mass is 10.2. The normalized spacial score (nSPS) is 21.1. The Hall–Kier alpha value is -1.10. The maximum absolute atomic E-state index is 11.5. The predicted octanol–water partition coefficient (Wildman–Crippen LogP) is 0.790. The van der Waals surface area contributed by atoms with Gasteiger partial charge in [0.2, 0.25) is 5.91 Å². The van der Waals surface area contributed by atoms with E-state index in [4.69, 9.17) is 4.74 Å². The third-order valence-corrected chi connectivity index (χ3v) is 2.00. The Labute approximate surface area is 89.6 Å². The smallest absolute Gasteiger partial charge is 0.414 e. The van der Waals surface area contributed by atoms with E-state index in [-0.39, 0.29) is 11.9 Å². The summed E-state index contributed by atoms with van der Waals surface area (Å²) in [6, 6.07) is -0.252. The number of alkyl carbamates (subject to hydrolysis) is 1. The highest BCUT2D eigenvalue weighted by Gasteiger charge is 2.25. The van der Waals surface area contributed by atoms with Crippen molar-refractivity contribution < 1.29 is 14.3 Å². The van der Waals surface area contributed by atoms with Crippen LogP contribution in [0.1, 0.15) is 33.6 Å². The van der Waals surface area contributed by atoms with Gasteiger partial charge in [-0.3, -0.25) is 10.1 Å². The van der Waals surface area contributed by atoms with Crippen LogP contribution in [0.3, 0.4) is 0 Å². The molecular weight excluding hydrogens is 196 g/mol. The number of hydrogen-bond acceptors (Lipinski definition) is 4. The molecule has 1 saturated heterocycles. The van der Waals surface area contributed by atoms with Crippen LogP contribution in [-0.2, 0) is 9.53 Å². The van der Waals surface area contributed by atoms with Gasteiger partial charge >= 0.3 is 6.09 Å². The average molecular weight is 214 g/mol. The average Bonchev–Trinajstić information content (AvgIpc) is 2.50. The monoisotopic (exact) mass is 214 g/mol. The lowest BCUT2D eigenvalue weighted by Crippen LogP contribution is -2.45. The SMILES string of the molecule is CC(C)(C)OC(=O)NC(=O)[C@@H]1CCCN1. The Balaban J connectivity index is 2.34. The molecule has 0 aromatic rings. The van der Waals surface area contributed by atoms with Crippen molar-refractivity contribution in [3.63, 3.8) is 0 Å². The minimum absolute atomic E-state index is 0.252. The van der Waals surface area contributed by atoms with Gasteiger partial charge in [-0.15, -0.1) is 0 Å². The van der Waals surface area contributed by atoms with Crippen LogP contribution in [0.2, 0.25) is 0 Å². The molecule has 5 heteroatoms. The van der Waals surface area contributed by atoms with Gasteiger partial charge in [-0.25, -0.2) is 4.79 Å². The Bertz CT molecular complexity index is 252. The summed E-state index contributed by atoms with van der Waals surface area (Å²) < 4.78 is 4.97. The van der Waals surface area contributed by atoms with E-state index in [0.717, 1.165) is 19.4 Å². The van der Waals surface area contributed by atoms with E-state index in [9.17, 15) is 9.59 Å². The molecule has 0 aromatic carbocycles. The zero-order valence-corrected chi connectivity index (χ0v) is 9.42. The third-order valence-electron chi connectivity index (χ3n) is 2.00. The highest BCUT2D eigenvalue weighted by molar-refractivity contribution is 5.95. The molecule has 1 fully saturated rings. The van der Waals surface area contributed by atoms with E-state index in [1.807, 2.05) is 0 Å². The first-order chi connectivity index (χ1) is 6.88. The molecule has 0 radical (unpaired) electrons. The lowest BCUT2D eigenvalue weighted by Gasteiger charge is -2.20. The van der Waals surface area contributed by atoms with Crippen LogP contribution >= 0.6 is 0 Å². The predicted molar refractivity (Wildman–Crippen MR) is 55.4 cm³/mol. The molecule has 15 heavy (non-hydrogen) atoms. The molecule has 0 bridgehead atoms. The second kappa shape index (κ2) is 4.61. The van der Waals surface area contributed by atoms with Crippen molar-refractivity contribution in [3.05, 3.63) is 0 Å². The van der Waals surface area contributed by atoms with E-state index >= 15 is 0 Å². The summed E-state index contributed by atoms with van der Waals surface area (Å²) >= 11 is 0. The highest BCUT2D eigenvalue weighted by Crippen LogP contribution is 2.08. The molecule has 5 nitrogen and oxygen atoms in total. The topological polar surface area (TPSA) is 67.4 Å². The minimum atomic E-state index is -0.679. The van der Waals surface area contributed by atoms with E-state index in [0.29, 0.717) is 0 Å². The van der Waals surface area contributed by atoms with Gasteiger partial charge in [-0.1, -0.05) is 0 Å². The van der Waals surface area contributed by atoms with Gasteiger partial charge < -0.3 is 10.1 Å². The van der Waals surface area contributed by atoms with Gasteiger partial charge in [0, 0.05) is 0 Å². The summed E-state index contributed by atoms with van der Waals surface area (Å²) in [5.41, 5.74) is -0.576. The molecule has 1 heterocycles. The third kappa shape index (κ3) is 4.29. The van der Waals surface area contributed by atoms with E-state index in [1.165, 1.54) is 0 Å². The molecular formula is C10H18N2O3. The van der Waals surface area contributed by atoms with Gasteiger partial charge in [-0.05, 0) is 40.2 Å². The number of imide groups is 1. The van der Waals surface area contributed by atoms with E-state index in [1.54, 1.807) is 20.8 Å². The Morgan fingerprint density at radius 3 is 2.53 bits per heavy atom. The van der Waals surface area contributed by atoms with Crippen molar-refractivity contribution in [2.75, 3.05) is 6.54 Å². The summed E-state index contributed by atoms with van der Waals surface area (Å²) in [5.74, 6) is -0.304. The minimum Gasteiger partial charge on any atom is -0.444 e. The van der Waals surface area contributed by atoms with Crippen molar-refractivity contribution in [2.45, 2.75) is 45.3 Å². The van der Waals surface area contributed by atoms with Crippen LogP contribution in [0.5, 0.6) is 0 Å². The van der Waals surface area contributed by atoms with Gasteiger partial charge in [0.25, 0.3) is 0 Å². The standard InChI is InChI=1S/C10H18N2O3/c1-10(2,3)15-9(14)12-8(13)7-5-4-6-11-7/h7,11H,4-6H2,1-3H3,(H,12,13,14)/t7-/m0/s1. The van der Waals surface area contributed by atoms with Crippen molar-refractivity contribution in [3.8, 4) is 0 Å². The van der Waals surface area contributed by atoms with Gasteiger partial charge in [0.05, 0.1) is 6.04 Å². The number of ether oxygens (including phenoxy) is 1. The van der Waals surface area contributed by atoms with Crippen LogP contribution < -0.4 is 10.6 Å². The van der Waals surface area contributed by atoms with Gasteiger partial charge in [0.1, 0.15) is 5.60 Å². The summed E-state index contributed by atoms with van der Waals surface area (Å²) in [7, 11) is 0. The molecule has 1 rings (SSSR count). The second-order valence-electron chi connectivity index (χ2n) is 4.64. The van der Waals surface area contributed by atoms with Crippen molar-refractivity contribution in [2.24, 2.45) is 0 Å². The van der Waals surface area contributed by atoms with Crippen LogP contribution in [0, 0.1) is 0 Å². The van der Waals surface area contributed by atoms with E-state index in [2.05, 4.69) is 10.6 Å². The molecule has 1 aliphatic heterocycles. The van der Waals surface area contributed by atoms with Crippen molar-refractivity contribution in [1.82, 2.24) is 10.6 Å². The number of amides is 2. The molecule has 0 unspecified atom stereocenters. The quantitative estimate of drug-likeness (QED) is 0.677. The lowest BCUT2D eigenvalue weighted by molar-refractivity contribution is -0.122. The van der Waals surface area contributed by atoms with Crippen LogP contribution in [0.25, 0.3) is 0 Å². The summed E-state index contributed by atoms with van der Waals surface area (Å²) in [6.45, 7) is 6.09. The first kappa shape index (κ1) is 12.0. The summed E-state index contributed by atoms with van der Waals surface area (Å²) in [4.78, 5) is 22.7. The number of nitrogens with one attached hydrogen (secondary N) is 2. The maximum atomic E-state index is 11.5. The zero-order valence-electron chi connectivity index (χ0n) is 9.42. The fourth-order valence-electron chi connectivity index (χ4n) is 1.40. The number of rotatable bonds is 1. The number of carbonyl (C=O) groups excluding carboxylic acids is 2. The Morgan fingerprint density at radius 1 is 1.40 bits per heavy atom. The maximum Gasteiger partial charge on any atom is 0.414 e. The van der Waals surface area contributed by atoms with Crippen LogP contribution in [0.15, 0.2) is 0 Å². The Morgan fingerprint density at radius 2 is 2.07 bits per heavy atom. The molecule has 1 atom stereocenters. The van der Waals surface area contributed by atoms with Crippen molar-refractivity contribution in [1.29, 1.82) is 0 Å². The highest BCUT2D eigenvalue weighted by atomic mass is 16.6. The zero-order chi connectivity index (χ0) is 11.5. The molecule has 1 aliphatic rings. The largest absolute Gasteiger partial charge is 0.444 e. The summed E-state index contributed by atoms with van der Waals surface area (Å²) in [6.07, 6.45) is 1.06. The number of hydrogen-bond donors (Lipinski definition) is 2. The molecule has 0 saturated carbocycles. The molecule has 2 N–H and O–H groups in total. The molecule has 0 aliphatic carbocycles.